The summed E-state index contributed by atoms with van der Waals surface area (Å²) in [7, 11) is 3.45. The van der Waals surface area contributed by atoms with Crippen LogP contribution in [-0.4, -0.2) is 146 Å². The molecule has 2 aromatic heterocycles. The molecular formula is C45H68N10O11. The highest BCUT2D eigenvalue weighted by Crippen LogP contribution is 2.23. The Labute approximate surface area is 386 Å². The van der Waals surface area contributed by atoms with E-state index in [0.717, 1.165) is 5.69 Å². The second kappa shape index (κ2) is 28.8. The Kier molecular flexibility index (Phi) is 23.7. The smallest absolute Gasteiger partial charge is 0.309 e. The third kappa shape index (κ3) is 20.8. The molecular weight excluding hydrogens is 857 g/mol. The van der Waals surface area contributed by atoms with Crippen molar-refractivity contribution in [2.75, 3.05) is 96.3 Å². The summed E-state index contributed by atoms with van der Waals surface area (Å²) in [6.07, 6.45) is 2.39. The van der Waals surface area contributed by atoms with E-state index in [-0.39, 0.29) is 100 Å². The van der Waals surface area contributed by atoms with Crippen LogP contribution < -0.4 is 27.0 Å². The molecule has 66 heavy (non-hydrogen) atoms. The quantitative estimate of drug-likeness (QED) is 0.0410. The molecule has 0 saturated carbocycles. The van der Waals surface area contributed by atoms with Gasteiger partial charge in [0.25, 0.3) is 0 Å². The average molecular weight is 925 g/mol. The van der Waals surface area contributed by atoms with Gasteiger partial charge in [-0.1, -0.05) is 0 Å². The summed E-state index contributed by atoms with van der Waals surface area (Å²) in [6.45, 7) is 10.6. The number of rotatable bonds is 31. The molecule has 1 aromatic carbocycles. The van der Waals surface area contributed by atoms with E-state index in [4.69, 9.17) is 35.2 Å². The van der Waals surface area contributed by atoms with Gasteiger partial charge in [0.1, 0.15) is 5.60 Å². The molecule has 0 aliphatic heterocycles. The first kappa shape index (κ1) is 54.3. The van der Waals surface area contributed by atoms with Crippen molar-refractivity contribution in [1.82, 2.24) is 35.5 Å². The SMILES string of the molecule is CCOC(=O)CCC(=O)N(CCCNC(=O)CCOCCOCCOC)CCCNC(=O)CC[C@@H](CC(=O)c1ccc(N(C)Cc2cnc3nc(N)nc(N)c3n2)cc1)C(=O)OC(C)(C)C. The molecule has 6 N–H and O–H groups in total. The van der Waals surface area contributed by atoms with Crippen molar-refractivity contribution in [3.05, 3.63) is 41.7 Å². The lowest BCUT2D eigenvalue weighted by Crippen LogP contribution is -2.37. The maximum atomic E-state index is 13.5. The van der Waals surface area contributed by atoms with Crippen molar-refractivity contribution < 1.29 is 52.5 Å². The Bertz CT molecular complexity index is 2030. The molecule has 0 unspecified atom stereocenters. The van der Waals surface area contributed by atoms with Gasteiger partial charge in [-0.25, -0.2) is 9.97 Å². The van der Waals surface area contributed by atoms with Crippen LogP contribution in [-0.2, 0) is 54.2 Å². The van der Waals surface area contributed by atoms with Gasteiger partial charge in [0.05, 0.1) is 70.4 Å². The molecule has 0 aliphatic carbocycles. The lowest BCUT2D eigenvalue weighted by molar-refractivity contribution is -0.160. The highest BCUT2D eigenvalue weighted by molar-refractivity contribution is 5.98. The number of nitrogens with zero attached hydrogens (tertiary/aromatic N) is 6. The van der Waals surface area contributed by atoms with Gasteiger partial charge in [-0.3, -0.25) is 28.8 Å². The minimum atomic E-state index is -0.880. The molecule has 1 atom stereocenters. The molecule has 3 rings (SSSR count). The van der Waals surface area contributed by atoms with Crippen LogP contribution >= 0.6 is 0 Å². The zero-order valence-corrected chi connectivity index (χ0v) is 39.2. The fourth-order valence-electron chi connectivity index (χ4n) is 6.39. The van der Waals surface area contributed by atoms with Crippen molar-refractivity contribution >= 4 is 64.1 Å². The molecule has 3 aromatic rings. The van der Waals surface area contributed by atoms with Gasteiger partial charge in [0.15, 0.2) is 22.8 Å². The number of benzene rings is 1. The van der Waals surface area contributed by atoms with E-state index >= 15 is 0 Å². The molecule has 0 fully saturated rings. The van der Waals surface area contributed by atoms with Gasteiger partial charge >= 0.3 is 11.9 Å². The van der Waals surface area contributed by atoms with E-state index in [1.54, 1.807) is 70.2 Å². The van der Waals surface area contributed by atoms with Crippen LogP contribution in [0.5, 0.6) is 0 Å². The summed E-state index contributed by atoms with van der Waals surface area (Å²) in [6, 6.07) is 6.92. The molecule has 364 valence electrons. The monoisotopic (exact) mass is 925 g/mol. The second-order valence-electron chi connectivity index (χ2n) is 16.4. The highest BCUT2D eigenvalue weighted by Gasteiger charge is 2.28. The number of nitrogen functional groups attached to an aromatic ring is 2. The van der Waals surface area contributed by atoms with Crippen LogP contribution in [0.1, 0.15) is 95.1 Å². The van der Waals surface area contributed by atoms with E-state index in [0.29, 0.717) is 81.3 Å². The van der Waals surface area contributed by atoms with E-state index in [2.05, 4.69) is 30.6 Å². The van der Waals surface area contributed by atoms with Gasteiger partial charge in [0.2, 0.25) is 23.7 Å². The predicted molar refractivity (Wildman–Crippen MR) is 246 cm³/mol. The Hall–Kier alpha value is -6.06. The number of nitrogens with one attached hydrogen (secondary N) is 2. The zero-order valence-electron chi connectivity index (χ0n) is 39.2. The van der Waals surface area contributed by atoms with Gasteiger partial charge in [-0.15, -0.1) is 0 Å². The van der Waals surface area contributed by atoms with Gasteiger partial charge in [-0.05, 0) is 71.2 Å². The molecule has 0 aliphatic rings. The van der Waals surface area contributed by atoms with Crippen molar-refractivity contribution in [3.8, 4) is 0 Å². The molecule has 0 radical (unpaired) electrons. The lowest BCUT2D eigenvalue weighted by Gasteiger charge is -2.24. The maximum absolute atomic E-state index is 13.5. The minimum absolute atomic E-state index is 0.00811. The van der Waals surface area contributed by atoms with Gasteiger partial charge in [0, 0.05) is 77.3 Å². The van der Waals surface area contributed by atoms with Crippen LogP contribution in [0, 0.1) is 5.92 Å². The van der Waals surface area contributed by atoms with Gasteiger partial charge in [-0.2, -0.15) is 9.97 Å². The topological polar surface area (TPSA) is 283 Å². The van der Waals surface area contributed by atoms with Crippen molar-refractivity contribution in [3.63, 3.8) is 0 Å². The largest absolute Gasteiger partial charge is 0.466 e. The fourth-order valence-corrected chi connectivity index (χ4v) is 6.39. The van der Waals surface area contributed by atoms with E-state index in [1.807, 2.05) is 11.9 Å². The number of anilines is 3. The predicted octanol–water partition coefficient (Wildman–Crippen LogP) is 2.79. The zero-order chi connectivity index (χ0) is 48.5. The first-order valence-corrected chi connectivity index (χ1v) is 22.2. The lowest BCUT2D eigenvalue weighted by atomic mass is 9.93. The number of methoxy groups -OCH3 is 1. The maximum Gasteiger partial charge on any atom is 0.309 e. The van der Waals surface area contributed by atoms with Crippen molar-refractivity contribution in [2.45, 2.75) is 91.2 Å². The Balaban J connectivity index is 1.50. The standard InChI is InChI=1S/C45H68N10O11/c1-7-65-39(60)17-16-38(59)55(22-9-20-49-37(58)18-23-63-26-27-64-25-24-62-6)21-8-19-48-36(57)15-12-32(43(61)66-45(2,3)4)28-35(56)31-10-13-34(14-11-31)54(5)30-33-29-50-42-40(51-33)41(46)52-44(47)53-42/h10-11,13-14,29,32H,7-9,12,15-28,30H2,1-6H3,(H,48,57)(H,49,58)(H4,46,47,50,52,53)/t32-/m0/s1. The summed E-state index contributed by atoms with van der Waals surface area (Å²) in [5.74, 6) is -2.84. The number of ketones is 1. The molecule has 2 heterocycles. The number of fused-ring (bicyclic) bond motifs is 1. The number of esters is 2. The molecule has 0 saturated heterocycles. The Morgan fingerprint density at radius 2 is 1.44 bits per heavy atom. The van der Waals surface area contributed by atoms with E-state index in [9.17, 15) is 28.8 Å². The minimum Gasteiger partial charge on any atom is -0.466 e. The van der Waals surface area contributed by atoms with Crippen LogP contribution in [0.2, 0.25) is 0 Å². The third-order valence-corrected chi connectivity index (χ3v) is 9.75. The number of Topliss-reactive ketones (excluding diaryl/α,β-unsaturated/α-hetero) is 1. The number of amides is 3. The molecule has 21 nitrogen and oxygen atoms in total. The number of carbonyl (C=O) groups excluding carboxylic acids is 6. The average Bonchev–Trinajstić information content (AvgIpc) is 3.26. The molecule has 0 bridgehead atoms. The molecule has 21 heteroatoms. The normalized spacial score (nSPS) is 11.7. The summed E-state index contributed by atoms with van der Waals surface area (Å²) in [4.78, 5) is 97.5. The van der Waals surface area contributed by atoms with Crippen LogP contribution in [0.4, 0.5) is 17.5 Å². The molecule has 0 spiro atoms. The summed E-state index contributed by atoms with van der Waals surface area (Å²) >= 11 is 0. The van der Waals surface area contributed by atoms with Crippen LogP contribution in [0.15, 0.2) is 30.5 Å². The fraction of sp³-hybridized carbons (Fsp3) is 0.600. The summed E-state index contributed by atoms with van der Waals surface area (Å²) in [5, 5.41) is 5.67. The number of aromatic nitrogens is 4. The van der Waals surface area contributed by atoms with Crippen molar-refractivity contribution in [1.29, 1.82) is 0 Å². The van der Waals surface area contributed by atoms with Gasteiger partial charge < -0.3 is 55.6 Å². The van der Waals surface area contributed by atoms with E-state index < -0.39 is 23.5 Å². The number of hydrogen-bond acceptors (Lipinski definition) is 18. The van der Waals surface area contributed by atoms with Crippen molar-refractivity contribution in [2.24, 2.45) is 5.92 Å². The summed E-state index contributed by atoms with van der Waals surface area (Å²) in [5.41, 5.74) is 13.3. The number of nitrogens with two attached hydrogens (primary N) is 2. The number of carbonyl (C=O) groups is 6. The second-order valence-corrected chi connectivity index (χ2v) is 16.4. The van der Waals surface area contributed by atoms with Crippen LogP contribution in [0.25, 0.3) is 11.2 Å². The third-order valence-electron chi connectivity index (χ3n) is 9.75. The molecule has 3 amide bonds. The first-order chi connectivity index (χ1) is 31.5. The Morgan fingerprint density at radius 1 is 0.803 bits per heavy atom. The number of ether oxygens (including phenoxy) is 5. The first-order valence-electron chi connectivity index (χ1n) is 22.2. The van der Waals surface area contributed by atoms with E-state index in [1.165, 1.54) is 0 Å². The Morgan fingerprint density at radius 3 is 2.08 bits per heavy atom. The highest BCUT2D eigenvalue weighted by atomic mass is 16.6. The van der Waals surface area contributed by atoms with Crippen LogP contribution in [0.3, 0.4) is 0 Å². The number of hydrogen-bond donors (Lipinski definition) is 4. The summed E-state index contributed by atoms with van der Waals surface area (Å²) < 4.78 is 26.3.